The number of aromatic nitrogens is 2. The van der Waals surface area contributed by atoms with E-state index in [-0.39, 0.29) is 11.4 Å². The van der Waals surface area contributed by atoms with Crippen LogP contribution in [-0.4, -0.2) is 23.3 Å². The maximum absolute atomic E-state index is 13.2. The molecule has 170 valence electrons. The molecule has 0 aliphatic carbocycles. The van der Waals surface area contributed by atoms with Crippen molar-refractivity contribution in [3.8, 4) is 22.9 Å². The highest BCUT2D eigenvalue weighted by Gasteiger charge is 2.12. The van der Waals surface area contributed by atoms with Crippen molar-refractivity contribution in [2.24, 2.45) is 0 Å². The number of para-hydroxylation sites is 1. The van der Waals surface area contributed by atoms with Crippen LogP contribution in [0.2, 0.25) is 0 Å². The number of methoxy groups -OCH3 is 1. The summed E-state index contributed by atoms with van der Waals surface area (Å²) >= 11 is 0. The Balaban J connectivity index is 1.41. The molecule has 6 heteroatoms. The molecular formula is C27H27FN2O3. The van der Waals surface area contributed by atoms with Gasteiger partial charge in [-0.2, -0.15) is 0 Å². The number of fused-ring (bicyclic) bond motifs is 1. The first-order chi connectivity index (χ1) is 16.2. The Kier molecular flexibility index (Phi) is 7.35. The average Bonchev–Trinajstić information content (AvgIpc) is 2.85. The van der Waals surface area contributed by atoms with Crippen molar-refractivity contribution in [1.29, 1.82) is 0 Å². The molecule has 1 aromatic heterocycles. The van der Waals surface area contributed by atoms with Gasteiger partial charge < -0.3 is 9.47 Å². The second-order valence-corrected chi connectivity index (χ2v) is 7.85. The van der Waals surface area contributed by atoms with Gasteiger partial charge in [-0.15, -0.1) is 0 Å². The van der Waals surface area contributed by atoms with Gasteiger partial charge in [-0.1, -0.05) is 25.0 Å². The second-order valence-electron chi connectivity index (χ2n) is 7.85. The van der Waals surface area contributed by atoms with Gasteiger partial charge in [0.25, 0.3) is 5.56 Å². The van der Waals surface area contributed by atoms with Crippen LogP contribution in [0.1, 0.15) is 25.7 Å². The molecule has 5 nitrogen and oxygen atoms in total. The molecule has 0 amide bonds. The molecule has 0 aliphatic heterocycles. The topological polar surface area (TPSA) is 53.3 Å². The van der Waals surface area contributed by atoms with Gasteiger partial charge in [-0.3, -0.25) is 9.36 Å². The number of hydrogen-bond donors (Lipinski definition) is 0. The van der Waals surface area contributed by atoms with Gasteiger partial charge in [0.1, 0.15) is 23.1 Å². The minimum absolute atomic E-state index is 0.0222. The van der Waals surface area contributed by atoms with Crippen molar-refractivity contribution in [2.75, 3.05) is 13.7 Å². The van der Waals surface area contributed by atoms with Crippen molar-refractivity contribution in [2.45, 2.75) is 32.2 Å². The first-order valence-electron chi connectivity index (χ1n) is 11.2. The van der Waals surface area contributed by atoms with Gasteiger partial charge in [-0.25, -0.2) is 9.37 Å². The third-order valence-electron chi connectivity index (χ3n) is 5.57. The fraction of sp³-hybridized carbons (Fsp3) is 0.259. The van der Waals surface area contributed by atoms with E-state index in [4.69, 9.17) is 14.5 Å². The highest BCUT2D eigenvalue weighted by atomic mass is 19.1. The summed E-state index contributed by atoms with van der Waals surface area (Å²) in [6, 6.07) is 21.1. The van der Waals surface area contributed by atoms with Crippen LogP contribution in [0.15, 0.2) is 77.6 Å². The standard InChI is InChI=1S/C27H27FN2O3/c1-32-22-14-10-20(11-15-22)26-29-25-9-5-4-8-24(25)27(31)30(26)18-6-2-3-7-19-33-23-16-12-21(28)13-17-23/h4-5,8-17H,2-3,6-7,18-19H2,1H3. The van der Waals surface area contributed by atoms with Gasteiger partial charge >= 0.3 is 0 Å². The van der Waals surface area contributed by atoms with Crippen LogP contribution in [0.5, 0.6) is 11.5 Å². The molecule has 1 heterocycles. The van der Waals surface area contributed by atoms with Crippen LogP contribution < -0.4 is 15.0 Å². The van der Waals surface area contributed by atoms with E-state index < -0.39 is 0 Å². The molecule has 0 atom stereocenters. The van der Waals surface area contributed by atoms with E-state index in [9.17, 15) is 9.18 Å². The van der Waals surface area contributed by atoms with E-state index in [0.29, 0.717) is 35.6 Å². The Bertz CT molecular complexity index is 1250. The summed E-state index contributed by atoms with van der Waals surface area (Å²) in [6.45, 7) is 1.18. The predicted octanol–water partition coefficient (Wildman–Crippen LogP) is 5.85. The molecule has 3 aromatic carbocycles. The summed E-state index contributed by atoms with van der Waals surface area (Å²) in [4.78, 5) is 18.0. The van der Waals surface area contributed by atoms with Crippen LogP contribution in [0.25, 0.3) is 22.3 Å². The van der Waals surface area contributed by atoms with Gasteiger partial charge in [0, 0.05) is 12.1 Å². The summed E-state index contributed by atoms with van der Waals surface area (Å²) in [5.41, 5.74) is 1.56. The minimum Gasteiger partial charge on any atom is -0.497 e. The molecule has 0 bridgehead atoms. The summed E-state index contributed by atoms with van der Waals surface area (Å²) < 4.78 is 25.6. The zero-order chi connectivity index (χ0) is 23.0. The number of halogens is 1. The van der Waals surface area contributed by atoms with Crippen LogP contribution in [-0.2, 0) is 6.54 Å². The zero-order valence-electron chi connectivity index (χ0n) is 18.7. The molecule has 0 saturated carbocycles. The van der Waals surface area contributed by atoms with Crippen LogP contribution in [0.3, 0.4) is 0 Å². The first-order valence-corrected chi connectivity index (χ1v) is 11.2. The Morgan fingerprint density at radius 2 is 1.55 bits per heavy atom. The maximum atomic E-state index is 13.2. The van der Waals surface area contributed by atoms with E-state index >= 15 is 0 Å². The Hall–Kier alpha value is -3.67. The van der Waals surface area contributed by atoms with Crippen LogP contribution in [0.4, 0.5) is 4.39 Å². The fourth-order valence-corrected chi connectivity index (χ4v) is 3.78. The summed E-state index contributed by atoms with van der Waals surface area (Å²) in [5, 5.41) is 0.627. The monoisotopic (exact) mass is 446 g/mol. The molecule has 4 rings (SSSR count). The normalized spacial score (nSPS) is 11.0. The van der Waals surface area contributed by atoms with E-state index in [2.05, 4.69) is 0 Å². The molecule has 0 spiro atoms. The summed E-state index contributed by atoms with van der Waals surface area (Å²) in [6.07, 6.45) is 3.70. The molecular weight excluding hydrogens is 419 g/mol. The number of hydrogen-bond acceptors (Lipinski definition) is 4. The van der Waals surface area contributed by atoms with Crippen LogP contribution >= 0.6 is 0 Å². The van der Waals surface area contributed by atoms with Crippen molar-refractivity contribution in [3.05, 3.63) is 89.0 Å². The lowest BCUT2D eigenvalue weighted by atomic mass is 10.1. The van der Waals surface area contributed by atoms with Gasteiger partial charge in [0.05, 0.1) is 24.6 Å². The maximum Gasteiger partial charge on any atom is 0.261 e. The summed E-state index contributed by atoms with van der Waals surface area (Å²) in [7, 11) is 1.63. The molecule has 0 fully saturated rings. The van der Waals surface area contributed by atoms with Gasteiger partial charge in [0.15, 0.2) is 0 Å². The molecule has 0 radical (unpaired) electrons. The average molecular weight is 447 g/mol. The first kappa shape index (κ1) is 22.5. The van der Waals surface area contributed by atoms with E-state index in [1.54, 1.807) is 23.8 Å². The lowest BCUT2D eigenvalue weighted by molar-refractivity contribution is 0.303. The lowest BCUT2D eigenvalue weighted by Crippen LogP contribution is -2.23. The molecule has 0 unspecified atom stereocenters. The van der Waals surface area contributed by atoms with Crippen molar-refractivity contribution in [1.82, 2.24) is 9.55 Å². The van der Waals surface area contributed by atoms with Crippen molar-refractivity contribution >= 4 is 10.9 Å². The highest BCUT2D eigenvalue weighted by molar-refractivity contribution is 5.79. The number of benzene rings is 3. The summed E-state index contributed by atoms with van der Waals surface area (Å²) in [5.74, 6) is 1.83. The number of unbranched alkanes of at least 4 members (excludes halogenated alkanes) is 3. The van der Waals surface area contributed by atoms with Crippen LogP contribution in [0, 0.1) is 5.82 Å². The number of nitrogens with zero attached hydrogens (tertiary/aromatic N) is 2. The molecule has 4 aromatic rings. The van der Waals surface area contributed by atoms with Gasteiger partial charge in [0.2, 0.25) is 0 Å². The quantitative estimate of drug-likeness (QED) is 0.287. The lowest BCUT2D eigenvalue weighted by Gasteiger charge is -2.14. The Morgan fingerprint density at radius 3 is 2.30 bits per heavy atom. The molecule has 0 aliphatic rings. The number of rotatable bonds is 10. The smallest absolute Gasteiger partial charge is 0.261 e. The number of ether oxygens (including phenoxy) is 2. The largest absolute Gasteiger partial charge is 0.497 e. The van der Waals surface area contributed by atoms with Crippen molar-refractivity contribution in [3.63, 3.8) is 0 Å². The second kappa shape index (κ2) is 10.8. The zero-order valence-corrected chi connectivity index (χ0v) is 18.7. The SMILES string of the molecule is COc1ccc(-c2nc3ccccc3c(=O)n2CCCCCCOc2ccc(F)cc2)cc1. The predicted molar refractivity (Wildman–Crippen MR) is 128 cm³/mol. The van der Waals surface area contributed by atoms with E-state index in [1.165, 1.54) is 12.1 Å². The minimum atomic E-state index is -0.269. The third kappa shape index (κ3) is 5.58. The third-order valence-corrected chi connectivity index (χ3v) is 5.57. The van der Waals surface area contributed by atoms with E-state index in [1.807, 2.05) is 48.5 Å². The Morgan fingerprint density at radius 1 is 0.848 bits per heavy atom. The molecule has 0 N–H and O–H groups in total. The molecule has 33 heavy (non-hydrogen) atoms. The molecule has 0 saturated heterocycles. The van der Waals surface area contributed by atoms with Gasteiger partial charge in [-0.05, 0) is 73.5 Å². The van der Waals surface area contributed by atoms with Crippen molar-refractivity contribution < 1.29 is 13.9 Å². The Labute approximate surface area is 192 Å². The highest BCUT2D eigenvalue weighted by Crippen LogP contribution is 2.22. The fourth-order valence-electron chi connectivity index (χ4n) is 3.78. The van der Waals surface area contributed by atoms with E-state index in [0.717, 1.165) is 37.0 Å².